The lowest BCUT2D eigenvalue weighted by Crippen LogP contribution is -2.12. The lowest BCUT2D eigenvalue weighted by Gasteiger charge is -1.80. The molecule has 0 spiro atoms. The van der Waals surface area contributed by atoms with Crippen LogP contribution in [0.1, 0.15) is 12.8 Å². The molecule has 7 heavy (non-hydrogen) atoms. The maximum Gasteiger partial charge on any atom is 0.220 e. The van der Waals surface area contributed by atoms with Crippen LogP contribution in [0.2, 0.25) is 0 Å². The lowest BCUT2D eigenvalue weighted by molar-refractivity contribution is -0.119. The summed E-state index contributed by atoms with van der Waals surface area (Å²) in [5.74, 6) is 0.204. The van der Waals surface area contributed by atoms with E-state index in [2.05, 4.69) is 5.32 Å². The highest BCUT2D eigenvalue weighted by atomic mass is 16.1. The van der Waals surface area contributed by atoms with Crippen LogP contribution in [0.15, 0.2) is 0 Å². The third-order valence-corrected chi connectivity index (χ3v) is 0.903. The molecule has 0 aliphatic carbocycles. The van der Waals surface area contributed by atoms with Crippen LogP contribution in [0.5, 0.6) is 0 Å². The first-order chi connectivity index (χ1) is 2.89. The van der Waals surface area contributed by atoms with Gasteiger partial charge in [-0.2, -0.15) is 0 Å². The van der Waals surface area contributed by atoms with Crippen LogP contribution in [0.4, 0.5) is 0 Å². The summed E-state index contributed by atoms with van der Waals surface area (Å²) in [5.41, 5.74) is 0. The van der Waals surface area contributed by atoms with Gasteiger partial charge >= 0.3 is 0 Å². The zero-order valence-corrected chi connectivity index (χ0v) is 3.94. The van der Waals surface area contributed by atoms with Crippen LogP contribution in [0.3, 0.4) is 0 Å². The largest absolute Gasteiger partial charge is 0.356 e. The maximum absolute atomic E-state index is 10.1. The van der Waals surface area contributed by atoms with Crippen molar-refractivity contribution < 1.29 is 10.3 Å². The van der Waals surface area contributed by atoms with E-state index in [1.54, 1.807) is 0 Å². The van der Waals surface area contributed by atoms with Crippen LogP contribution in [0.25, 0.3) is 0 Å². The van der Waals surface area contributed by atoms with E-state index in [0.29, 0.717) is 0 Å². The third kappa shape index (κ3) is 1.55. The van der Waals surface area contributed by atoms with Gasteiger partial charge in [-0.1, -0.05) is 0 Å². The van der Waals surface area contributed by atoms with E-state index in [-0.39, 0.29) is 11.4 Å². The molecule has 1 amide bonds. The van der Waals surface area contributed by atoms with Gasteiger partial charge in [-0.05, 0) is 6.42 Å². The summed E-state index contributed by atoms with van der Waals surface area (Å²) >= 11 is 0. The topological polar surface area (TPSA) is 57.6 Å². The molecular weight excluding hydrogens is 94.0 g/mol. The molecule has 1 rings (SSSR count). The van der Waals surface area contributed by atoms with E-state index in [9.17, 15) is 4.79 Å². The zero-order chi connectivity index (χ0) is 4.41. The molecule has 1 heterocycles. The Hall–Kier alpha value is -0.570. The molecule has 1 aliphatic rings. The van der Waals surface area contributed by atoms with Crippen molar-refractivity contribution in [3.05, 3.63) is 0 Å². The summed E-state index contributed by atoms with van der Waals surface area (Å²) in [5, 5.41) is 2.68. The van der Waals surface area contributed by atoms with Gasteiger partial charge in [0.25, 0.3) is 0 Å². The van der Waals surface area contributed by atoms with E-state index >= 15 is 0 Å². The molecule has 1 saturated heterocycles. The van der Waals surface area contributed by atoms with Crippen molar-refractivity contribution in [2.24, 2.45) is 0 Å². The summed E-state index contributed by atoms with van der Waals surface area (Å²) in [4.78, 5) is 10.1. The van der Waals surface area contributed by atoms with Gasteiger partial charge in [-0.3, -0.25) is 4.79 Å². The number of amides is 1. The van der Waals surface area contributed by atoms with E-state index in [4.69, 9.17) is 0 Å². The van der Waals surface area contributed by atoms with Crippen LogP contribution in [-0.4, -0.2) is 12.5 Å². The molecule has 0 saturated carbocycles. The summed E-state index contributed by atoms with van der Waals surface area (Å²) in [6, 6.07) is 0. The molecule has 0 bridgehead atoms. The van der Waals surface area contributed by atoms with E-state index in [1.807, 2.05) is 0 Å². The predicted octanol–water partition coefficient (Wildman–Crippen LogP) is -0.222. The Bertz CT molecular complexity index is 64.1. The van der Waals surface area contributed by atoms with Crippen LogP contribution < -0.4 is 5.32 Å². The number of carbonyl (C=O) groups is 1. The summed E-state index contributed by atoms with van der Waals surface area (Å²) in [7, 11) is 0. The van der Waals surface area contributed by atoms with Gasteiger partial charge in [0.2, 0.25) is 5.91 Å². The fraction of sp³-hybridized carbons (Fsp3) is 0.750. The SMILES string of the molecule is O=C1CCCN1.[O]. The van der Waals surface area contributed by atoms with E-state index in [0.717, 1.165) is 19.4 Å². The smallest absolute Gasteiger partial charge is 0.220 e. The summed E-state index contributed by atoms with van der Waals surface area (Å²) in [6.45, 7) is 0.888. The molecule has 0 aromatic carbocycles. The van der Waals surface area contributed by atoms with Crippen LogP contribution in [-0.2, 0) is 10.3 Å². The van der Waals surface area contributed by atoms with Gasteiger partial charge in [-0.15, -0.1) is 0 Å². The van der Waals surface area contributed by atoms with Gasteiger partial charge < -0.3 is 5.32 Å². The molecule has 40 valence electrons. The second-order valence-electron chi connectivity index (χ2n) is 1.45. The normalized spacial score (nSPS) is 18.0. The van der Waals surface area contributed by atoms with E-state index < -0.39 is 0 Å². The summed E-state index contributed by atoms with van der Waals surface area (Å²) < 4.78 is 0. The standard InChI is InChI=1S/C4H7NO.O/c6-4-2-1-3-5-4;/h1-3H2,(H,5,6);. The Kier molecular flexibility index (Phi) is 2.37. The minimum atomic E-state index is 0. The first kappa shape index (κ1) is 6.43. The van der Waals surface area contributed by atoms with Crippen molar-refractivity contribution in [2.75, 3.05) is 6.54 Å². The Morgan fingerprint density at radius 1 is 1.57 bits per heavy atom. The Morgan fingerprint density at radius 3 is 2.43 bits per heavy atom. The number of carbonyl (C=O) groups excluding carboxylic acids is 1. The second-order valence-corrected chi connectivity index (χ2v) is 1.45. The molecule has 1 fully saturated rings. The van der Waals surface area contributed by atoms with Gasteiger partial charge in [-0.25, -0.2) is 0 Å². The number of hydrogen-bond acceptors (Lipinski definition) is 1. The van der Waals surface area contributed by atoms with Gasteiger partial charge in [0.15, 0.2) is 0 Å². The highest BCUT2D eigenvalue weighted by Crippen LogP contribution is 1.93. The quantitative estimate of drug-likeness (QED) is 0.450. The first-order valence-electron chi connectivity index (χ1n) is 2.16. The van der Waals surface area contributed by atoms with Crippen molar-refractivity contribution in [1.29, 1.82) is 0 Å². The van der Waals surface area contributed by atoms with Gasteiger partial charge in [0.1, 0.15) is 0 Å². The minimum Gasteiger partial charge on any atom is -0.356 e. The zero-order valence-electron chi connectivity index (χ0n) is 3.94. The summed E-state index contributed by atoms with van der Waals surface area (Å²) in [6.07, 6.45) is 1.76. The Morgan fingerprint density at radius 2 is 2.29 bits per heavy atom. The third-order valence-electron chi connectivity index (χ3n) is 0.903. The molecule has 1 N–H and O–H groups in total. The maximum atomic E-state index is 10.1. The number of rotatable bonds is 0. The number of nitrogens with one attached hydrogen (secondary N) is 1. The fourth-order valence-corrected chi connectivity index (χ4v) is 0.565. The molecule has 3 nitrogen and oxygen atoms in total. The Balaban J connectivity index is 0.000000360. The van der Waals surface area contributed by atoms with Crippen LogP contribution in [0, 0.1) is 0 Å². The van der Waals surface area contributed by atoms with Crippen molar-refractivity contribution in [1.82, 2.24) is 5.32 Å². The highest BCUT2D eigenvalue weighted by Gasteiger charge is 2.05. The monoisotopic (exact) mass is 101 g/mol. The fourth-order valence-electron chi connectivity index (χ4n) is 0.565. The van der Waals surface area contributed by atoms with Crippen LogP contribution >= 0.6 is 0 Å². The Labute approximate surface area is 42.0 Å². The van der Waals surface area contributed by atoms with Crippen molar-refractivity contribution in [2.45, 2.75) is 12.8 Å². The first-order valence-corrected chi connectivity index (χ1v) is 2.16. The number of hydrogen-bond donors (Lipinski definition) is 1. The molecule has 0 aromatic heterocycles. The molecular formula is C4H7NO2. The molecule has 2 radical (unpaired) electrons. The lowest BCUT2D eigenvalue weighted by atomic mass is 10.4. The van der Waals surface area contributed by atoms with Gasteiger partial charge in [0, 0.05) is 18.4 Å². The molecule has 1 aliphatic heterocycles. The molecule has 0 atom stereocenters. The van der Waals surface area contributed by atoms with Crippen molar-refractivity contribution in [3.8, 4) is 0 Å². The van der Waals surface area contributed by atoms with E-state index in [1.165, 1.54) is 0 Å². The molecule has 0 unspecified atom stereocenters. The highest BCUT2D eigenvalue weighted by molar-refractivity contribution is 5.77. The average molecular weight is 101 g/mol. The second kappa shape index (κ2) is 2.58. The minimum absolute atomic E-state index is 0. The van der Waals surface area contributed by atoms with Crippen molar-refractivity contribution in [3.63, 3.8) is 0 Å². The predicted molar refractivity (Wildman–Crippen MR) is 22.9 cm³/mol. The van der Waals surface area contributed by atoms with Crippen molar-refractivity contribution >= 4 is 5.91 Å². The molecule has 0 aromatic rings. The van der Waals surface area contributed by atoms with Gasteiger partial charge in [0.05, 0.1) is 0 Å². The molecule has 3 heteroatoms. The average Bonchev–Trinajstić information content (AvgIpc) is 1.86.